The van der Waals surface area contributed by atoms with E-state index < -0.39 is 22.0 Å². The Morgan fingerprint density at radius 3 is 2.07 bits per heavy atom. The number of hydrogen-bond acceptors (Lipinski definition) is 6. The second kappa shape index (κ2) is 12.4. The lowest BCUT2D eigenvalue weighted by Crippen LogP contribution is -2.19. The van der Waals surface area contributed by atoms with Crippen LogP contribution in [0, 0.1) is 10.1 Å². The van der Waals surface area contributed by atoms with Crippen LogP contribution >= 0.6 is 11.8 Å². The lowest BCUT2D eigenvalue weighted by Gasteiger charge is -2.18. The Morgan fingerprint density at radius 1 is 0.738 bits per heavy atom. The monoisotopic (exact) mass is 577 g/mol. The molecule has 0 aliphatic heterocycles. The Labute approximate surface area is 244 Å². The molecule has 5 aromatic carbocycles. The second-order valence-electron chi connectivity index (χ2n) is 9.20. The molecule has 0 aliphatic rings. The Balaban J connectivity index is 1.39. The Morgan fingerprint density at radius 2 is 1.40 bits per heavy atom. The molecule has 0 bridgehead atoms. The van der Waals surface area contributed by atoms with Crippen molar-refractivity contribution in [3.63, 3.8) is 0 Å². The first-order valence-electron chi connectivity index (χ1n) is 12.7. The van der Waals surface area contributed by atoms with Crippen LogP contribution < -0.4 is 10.6 Å². The highest BCUT2D eigenvalue weighted by Gasteiger charge is 2.23. The summed E-state index contributed by atoms with van der Waals surface area (Å²) in [5.41, 5.74) is 1.82. The number of nitro benzene ring substituents is 1. The molecule has 0 aliphatic carbocycles. The number of amides is 2. The number of nitrogens with zero attached hydrogens (tertiary/aromatic N) is 1. The number of nitrogens with one attached hydrogen (secondary N) is 2. The fourth-order valence-corrected chi connectivity index (χ4v) is 5.55. The van der Waals surface area contributed by atoms with Crippen LogP contribution in [0.3, 0.4) is 0 Å². The molecule has 10 heteroatoms. The number of carbonyl (C=O) groups is 3. The molecule has 0 radical (unpaired) electrons. The summed E-state index contributed by atoms with van der Waals surface area (Å²) >= 11 is 1.27. The van der Waals surface area contributed by atoms with E-state index in [4.69, 9.17) is 0 Å². The quantitative estimate of drug-likeness (QED) is 0.0959. The van der Waals surface area contributed by atoms with Gasteiger partial charge >= 0.3 is 5.97 Å². The van der Waals surface area contributed by atoms with E-state index in [0.717, 1.165) is 5.56 Å². The number of carboxylic acids is 1. The fraction of sp³-hybridized carbons (Fsp3) is 0.0312. The van der Waals surface area contributed by atoms with E-state index in [-0.39, 0.29) is 22.7 Å². The Bertz CT molecular complexity index is 1800. The van der Waals surface area contributed by atoms with E-state index in [1.165, 1.54) is 42.1 Å². The van der Waals surface area contributed by atoms with Gasteiger partial charge in [-0.1, -0.05) is 60.7 Å². The minimum atomic E-state index is -1.13. The van der Waals surface area contributed by atoms with Crippen LogP contribution in [-0.4, -0.2) is 27.8 Å². The first-order valence-corrected chi connectivity index (χ1v) is 13.6. The van der Waals surface area contributed by atoms with Crippen LogP contribution in [0.4, 0.5) is 17.1 Å². The largest absolute Gasteiger partial charge is 0.478 e. The fourth-order valence-electron chi connectivity index (χ4n) is 4.47. The van der Waals surface area contributed by atoms with Gasteiger partial charge in [-0.2, -0.15) is 0 Å². The second-order valence-corrected chi connectivity index (χ2v) is 10.4. The molecule has 0 saturated carbocycles. The van der Waals surface area contributed by atoms with Gasteiger partial charge in [0.15, 0.2) is 0 Å². The summed E-state index contributed by atoms with van der Waals surface area (Å²) in [6.07, 6.45) is 0. The van der Waals surface area contributed by atoms with Crippen molar-refractivity contribution in [2.75, 3.05) is 10.6 Å². The van der Waals surface area contributed by atoms with Gasteiger partial charge in [0, 0.05) is 39.4 Å². The van der Waals surface area contributed by atoms with Gasteiger partial charge in [-0.25, -0.2) is 4.79 Å². The summed E-state index contributed by atoms with van der Waals surface area (Å²) in [6.45, 7) is 0. The van der Waals surface area contributed by atoms with Crippen LogP contribution in [0.2, 0.25) is 0 Å². The third-order valence-corrected chi connectivity index (χ3v) is 7.66. The molecule has 0 saturated heterocycles. The van der Waals surface area contributed by atoms with Gasteiger partial charge in [-0.3, -0.25) is 19.7 Å². The highest BCUT2D eigenvalue weighted by atomic mass is 32.2. The smallest absolute Gasteiger partial charge is 0.336 e. The molecule has 1 atom stereocenters. The van der Waals surface area contributed by atoms with Crippen LogP contribution in [0.1, 0.15) is 31.5 Å². The molecule has 0 heterocycles. The maximum absolute atomic E-state index is 13.4. The maximum atomic E-state index is 13.4. The van der Waals surface area contributed by atoms with Crippen molar-refractivity contribution in [2.45, 2.75) is 10.1 Å². The predicted molar refractivity (Wildman–Crippen MR) is 162 cm³/mol. The summed E-state index contributed by atoms with van der Waals surface area (Å²) in [7, 11) is 0. The summed E-state index contributed by atoms with van der Waals surface area (Å²) in [4.78, 5) is 49.7. The number of carbonyl (C=O) groups excluding carboxylic acids is 2. The Hall–Kier alpha value is -5.48. The van der Waals surface area contributed by atoms with Gasteiger partial charge in [0.1, 0.15) is 5.25 Å². The van der Waals surface area contributed by atoms with Gasteiger partial charge in [0.25, 0.3) is 11.6 Å². The molecule has 3 N–H and O–H groups in total. The maximum Gasteiger partial charge on any atom is 0.336 e. The summed E-state index contributed by atoms with van der Waals surface area (Å²) in [6, 6.07) is 31.6. The minimum absolute atomic E-state index is 0.0345. The third kappa shape index (κ3) is 6.29. The predicted octanol–water partition coefficient (Wildman–Crippen LogP) is 7.17. The van der Waals surface area contributed by atoms with Gasteiger partial charge in [0.05, 0.1) is 10.5 Å². The standard InChI is InChI=1S/C32H23N3O6S/c36-30(26-13-4-9-20-10-5-14-27(28(20)26)32(38)39)34-23-11-6-12-25(19-23)42-29(21-7-2-1-3-8-21)31(37)33-22-15-17-24(18-16-22)35(40)41/h1-19,29H,(H,33,37)(H,34,36)(H,38,39). The zero-order valence-electron chi connectivity index (χ0n) is 21.9. The first kappa shape index (κ1) is 28.1. The van der Waals surface area contributed by atoms with Crippen molar-refractivity contribution < 1.29 is 24.4 Å². The molecular weight excluding hydrogens is 554 g/mol. The van der Waals surface area contributed by atoms with Gasteiger partial charge in [-0.15, -0.1) is 11.8 Å². The molecule has 5 rings (SSSR count). The highest BCUT2D eigenvalue weighted by molar-refractivity contribution is 8.00. The number of fused-ring (bicyclic) bond motifs is 1. The van der Waals surface area contributed by atoms with Crippen LogP contribution in [0.5, 0.6) is 0 Å². The van der Waals surface area contributed by atoms with Gasteiger partial charge in [-0.05, 0) is 53.4 Å². The summed E-state index contributed by atoms with van der Waals surface area (Å²) in [5, 5.41) is 26.6. The third-order valence-electron chi connectivity index (χ3n) is 6.41. The minimum Gasteiger partial charge on any atom is -0.478 e. The molecule has 5 aromatic rings. The molecular formula is C32H23N3O6S. The molecule has 2 amide bonds. The van der Waals surface area contributed by atoms with Crippen molar-refractivity contribution in [1.29, 1.82) is 0 Å². The average Bonchev–Trinajstić information content (AvgIpc) is 3.00. The normalized spacial score (nSPS) is 11.4. The molecule has 0 spiro atoms. The number of anilines is 2. The van der Waals surface area contributed by atoms with Gasteiger partial charge < -0.3 is 15.7 Å². The van der Waals surface area contributed by atoms with E-state index in [2.05, 4.69) is 10.6 Å². The number of rotatable bonds is 9. The lowest BCUT2D eigenvalue weighted by molar-refractivity contribution is -0.384. The van der Waals surface area contributed by atoms with E-state index in [1.807, 2.05) is 36.4 Å². The van der Waals surface area contributed by atoms with Crippen molar-refractivity contribution in [3.05, 3.63) is 142 Å². The summed E-state index contributed by atoms with van der Waals surface area (Å²) < 4.78 is 0. The highest BCUT2D eigenvalue weighted by Crippen LogP contribution is 2.37. The van der Waals surface area contributed by atoms with E-state index in [9.17, 15) is 29.6 Å². The summed E-state index contributed by atoms with van der Waals surface area (Å²) in [5.74, 6) is -1.92. The zero-order valence-corrected chi connectivity index (χ0v) is 22.7. The topological polar surface area (TPSA) is 139 Å². The Kier molecular flexibility index (Phi) is 8.26. The van der Waals surface area contributed by atoms with Crippen molar-refractivity contribution in [2.24, 2.45) is 0 Å². The molecule has 9 nitrogen and oxygen atoms in total. The molecule has 208 valence electrons. The van der Waals surface area contributed by atoms with E-state index in [0.29, 0.717) is 27.0 Å². The number of hydrogen-bond donors (Lipinski definition) is 3. The first-order chi connectivity index (χ1) is 20.3. The molecule has 1 unspecified atom stereocenters. The number of carboxylic acid groups (broad SMARTS) is 1. The lowest BCUT2D eigenvalue weighted by atomic mass is 9.98. The van der Waals surface area contributed by atoms with Gasteiger partial charge in [0.2, 0.25) is 5.91 Å². The number of nitro groups is 1. The number of aromatic carboxylic acids is 1. The average molecular weight is 578 g/mol. The molecule has 42 heavy (non-hydrogen) atoms. The van der Waals surface area contributed by atoms with Crippen molar-refractivity contribution >= 4 is 57.4 Å². The van der Waals surface area contributed by atoms with Crippen LogP contribution in [0.15, 0.2) is 120 Å². The van der Waals surface area contributed by atoms with E-state index >= 15 is 0 Å². The van der Waals surface area contributed by atoms with Crippen LogP contribution in [-0.2, 0) is 4.79 Å². The van der Waals surface area contributed by atoms with Crippen molar-refractivity contribution in [3.8, 4) is 0 Å². The number of benzene rings is 5. The van der Waals surface area contributed by atoms with Crippen LogP contribution in [0.25, 0.3) is 10.8 Å². The molecule has 0 fully saturated rings. The van der Waals surface area contributed by atoms with E-state index in [1.54, 1.807) is 48.5 Å². The molecule has 0 aromatic heterocycles. The number of thioether (sulfide) groups is 1. The van der Waals surface area contributed by atoms with Crippen molar-refractivity contribution in [1.82, 2.24) is 0 Å². The zero-order chi connectivity index (χ0) is 29.6. The SMILES string of the molecule is O=C(O)c1cccc2cccc(C(=O)Nc3cccc(SC(C(=O)Nc4ccc([N+](=O)[O-])cc4)c4ccccc4)c3)c12. The number of non-ortho nitro benzene ring substituents is 1.